The van der Waals surface area contributed by atoms with Crippen LogP contribution in [0.5, 0.6) is 0 Å². The van der Waals surface area contributed by atoms with Gasteiger partial charge in [-0.2, -0.15) is 5.10 Å². The molecule has 1 aromatic carbocycles. The van der Waals surface area contributed by atoms with Gasteiger partial charge < -0.3 is 4.90 Å². The maximum Gasteiger partial charge on any atom is 0.255 e. The zero-order chi connectivity index (χ0) is 17.6. The second-order valence-electron chi connectivity index (χ2n) is 5.47. The van der Waals surface area contributed by atoms with Gasteiger partial charge in [0, 0.05) is 25.5 Å². The summed E-state index contributed by atoms with van der Waals surface area (Å²) in [5.41, 5.74) is 0.0730. The predicted octanol–water partition coefficient (Wildman–Crippen LogP) is 2.57. The van der Waals surface area contributed by atoms with Crippen molar-refractivity contribution in [3.05, 3.63) is 57.8 Å². The number of benzene rings is 1. The van der Waals surface area contributed by atoms with E-state index in [0.29, 0.717) is 24.9 Å². The lowest BCUT2D eigenvalue weighted by Crippen LogP contribution is -2.39. The van der Waals surface area contributed by atoms with Crippen molar-refractivity contribution in [2.24, 2.45) is 0 Å². The van der Waals surface area contributed by atoms with Crippen LogP contribution in [0.3, 0.4) is 0 Å². The molecule has 1 aliphatic heterocycles. The van der Waals surface area contributed by atoms with Crippen molar-refractivity contribution in [3.63, 3.8) is 0 Å². The van der Waals surface area contributed by atoms with Crippen molar-refractivity contribution in [1.29, 1.82) is 0 Å². The first-order valence-corrected chi connectivity index (χ1v) is 8.16. The lowest BCUT2D eigenvalue weighted by molar-refractivity contribution is 0.0707. The zero-order valence-electron chi connectivity index (χ0n) is 12.7. The highest BCUT2D eigenvalue weighted by Crippen LogP contribution is 2.28. The van der Waals surface area contributed by atoms with Gasteiger partial charge in [0.2, 0.25) is 0 Å². The lowest BCUT2D eigenvalue weighted by Gasteiger charge is -2.28. The Kier molecular flexibility index (Phi) is 3.93. The van der Waals surface area contributed by atoms with Crippen LogP contribution in [0.4, 0.5) is 4.39 Å². The van der Waals surface area contributed by atoms with Crippen LogP contribution in [0.15, 0.2) is 30.6 Å². The molecule has 7 nitrogen and oxygen atoms in total. The summed E-state index contributed by atoms with van der Waals surface area (Å²) in [5.74, 6) is 0.0316. The number of fused-ring (bicyclic) bond motifs is 1. The molecule has 0 aliphatic carbocycles. The Morgan fingerprint density at radius 1 is 1.20 bits per heavy atom. The average molecular weight is 381 g/mol. The molecule has 4 rings (SSSR count). The largest absolute Gasteiger partial charge is 0.329 e. The number of halogens is 3. The van der Waals surface area contributed by atoms with E-state index in [1.165, 1.54) is 12.1 Å². The number of nitrogens with zero attached hydrogens (tertiary/aromatic N) is 6. The van der Waals surface area contributed by atoms with Gasteiger partial charge in [0.1, 0.15) is 0 Å². The highest BCUT2D eigenvalue weighted by molar-refractivity contribution is 6.37. The molecule has 128 valence electrons. The molecule has 0 atom stereocenters. The van der Waals surface area contributed by atoms with Gasteiger partial charge in [0.25, 0.3) is 11.9 Å². The average Bonchev–Trinajstić information content (AvgIpc) is 3.27. The minimum Gasteiger partial charge on any atom is -0.329 e. The van der Waals surface area contributed by atoms with Gasteiger partial charge in [-0.25, -0.2) is 9.07 Å². The van der Waals surface area contributed by atoms with Crippen LogP contribution in [-0.4, -0.2) is 41.9 Å². The third-order valence-corrected chi connectivity index (χ3v) is 4.66. The van der Waals surface area contributed by atoms with E-state index in [1.807, 2.05) is 4.57 Å². The third-order valence-electron chi connectivity index (χ3n) is 4.00. The second kappa shape index (κ2) is 6.12. The van der Waals surface area contributed by atoms with E-state index in [4.69, 9.17) is 23.2 Å². The van der Waals surface area contributed by atoms with Crippen molar-refractivity contribution in [3.8, 4) is 5.95 Å². The van der Waals surface area contributed by atoms with Crippen LogP contribution in [0.2, 0.25) is 10.0 Å². The van der Waals surface area contributed by atoms with Crippen molar-refractivity contribution in [2.45, 2.75) is 13.1 Å². The standard InChI is InChI=1S/C15H11Cl2FN6O/c16-10-3-2-9(12(17)13(10)18)14(25)22-6-7-23-11(8-22)20-21-15(23)24-5-1-4-19-24/h1-5H,6-8H2. The molecule has 0 spiro atoms. The summed E-state index contributed by atoms with van der Waals surface area (Å²) in [6, 6.07) is 4.53. The lowest BCUT2D eigenvalue weighted by atomic mass is 10.1. The quantitative estimate of drug-likeness (QED) is 0.640. The molecule has 0 N–H and O–H groups in total. The van der Waals surface area contributed by atoms with Crippen LogP contribution in [0.25, 0.3) is 5.95 Å². The van der Waals surface area contributed by atoms with Gasteiger partial charge in [-0.05, 0) is 18.2 Å². The predicted molar refractivity (Wildman–Crippen MR) is 88.3 cm³/mol. The van der Waals surface area contributed by atoms with Gasteiger partial charge in [0.05, 0.1) is 22.2 Å². The number of rotatable bonds is 2. The molecule has 0 saturated carbocycles. The summed E-state index contributed by atoms with van der Waals surface area (Å²) in [6.07, 6.45) is 3.42. The minimum absolute atomic E-state index is 0.0730. The molecule has 1 amide bonds. The fourth-order valence-corrected chi connectivity index (χ4v) is 3.19. The monoisotopic (exact) mass is 380 g/mol. The fourth-order valence-electron chi connectivity index (χ4n) is 2.73. The first-order valence-electron chi connectivity index (χ1n) is 7.41. The smallest absolute Gasteiger partial charge is 0.255 e. The Morgan fingerprint density at radius 2 is 2.04 bits per heavy atom. The Morgan fingerprint density at radius 3 is 2.80 bits per heavy atom. The molecule has 25 heavy (non-hydrogen) atoms. The Balaban J connectivity index is 1.61. The minimum atomic E-state index is -0.796. The normalized spacial score (nSPS) is 13.8. The van der Waals surface area contributed by atoms with Gasteiger partial charge in [-0.1, -0.05) is 23.2 Å². The second-order valence-corrected chi connectivity index (χ2v) is 6.25. The van der Waals surface area contributed by atoms with Gasteiger partial charge in [-0.3, -0.25) is 9.36 Å². The van der Waals surface area contributed by atoms with Crippen LogP contribution in [0.1, 0.15) is 16.2 Å². The SMILES string of the molecule is O=C(c1ccc(Cl)c(F)c1Cl)N1CCn2c(nnc2-n2cccn2)C1. The van der Waals surface area contributed by atoms with E-state index < -0.39 is 5.82 Å². The molecule has 2 aromatic heterocycles. The summed E-state index contributed by atoms with van der Waals surface area (Å²) in [5, 5.41) is 12.0. The van der Waals surface area contributed by atoms with E-state index in [0.717, 1.165) is 0 Å². The van der Waals surface area contributed by atoms with Crippen LogP contribution in [-0.2, 0) is 13.1 Å². The molecule has 0 bridgehead atoms. The first kappa shape index (κ1) is 16.0. The number of carbonyl (C=O) groups excluding carboxylic acids is 1. The van der Waals surface area contributed by atoms with Crippen molar-refractivity contribution >= 4 is 29.1 Å². The van der Waals surface area contributed by atoms with Crippen molar-refractivity contribution < 1.29 is 9.18 Å². The maximum absolute atomic E-state index is 13.8. The topological polar surface area (TPSA) is 68.8 Å². The van der Waals surface area contributed by atoms with Crippen LogP contribution >= 0.6 is 23.2 Å². The van der Waals surface area contributed by atoms with Gasteiger partial charge in [0.15, 0.2) is 11.6 Å². The molecule has 0 fully saturated rings. The maximum atomic E-state index is 13.8. The van der Waals surface area contributed by atoms with E-state index in [-0.39, 0.29) is 28.1 Å². The molecule has 0 saturated heterocycles. The molecule has 1 aliphatic rings. The zero-order valence-corrected chi connectivity index (χ0v) is 14.2. The molecular formula is C15H11Cl2FN6O. The molecular weight excluding hydrogens is 370 g/mol. The molecule has 3 aromatic rings. The van der Waals surface area contributed by atoms with Crippen molar-refractivity contribution in [1.82, 2.24) is 29.4 Å². The number of carbonyl (C=O) groups is 1. The molecule has 10 heteroatoms. The summed E-state index contributed by atoms with van der Waals surface area (Å²) < 4.78 is 17.3. The first-order chi connectivity index (χ1) is 12.1. The Hall–Kier alpha value is -2.45. The fraction of sp³-hybridized carbons (Fsp3) is 0.200. The number of aromatic nitrogens is 5. The van der Waals surface area contributed by atoms with E-state index >= 15 is 0 Å². The van der Waals surface area contributed by atoms with Gasteiger partial charge in [-0.15, -0.1) is 10.2 Å². The molecule has 0 radical (unpaired) electrons. The van der Waals surface area contributed by atoms with E-state index in [2.05, 4.69) is 15.3 Å². The van der Waals surface area contributed by atoms with E-state index in [1.54, 1.807) is 28.0 Å². The van der Waals surface area contributed by atoms with Crippen molar-refractivity contribution in [2.75, 3.05) is 6.54 Å². The number of hydrogen-bond donors (Lipinski definition) is 0. The summed E-state index contributed by atoms with van der Waals surface area (Å²) >= 11 is 11.6. The number of hydrogen-bond acceptors (Lipinski definition) is 4. The molecule has 0 unspecified atom stereocenters. The van der Waals surface area contributed by atoms with Gasteiger partial charge >= 0.3 is 0 Å². The van der Waals surface area contributed by atoms with E-state index in [9.17, 15) is 9.18 Å². The third kappa shape index (κ3) is 2.67. The Bertz CT molecular complexity index is 955. The Labute approximate surface area is 151 Å². The summed E-state index contributed by atoms with van der Waals surface area (Å²) in [4.78, 5) is 14.2. The highest BCUT2D eigenvalue weighted by atomic mass is 35.5. The highest BCUT2D eigenvalue weighted by Gasteiger charge is 2.28. The summed E-state index contributed by atoms with van der Waals surface area (Å²) in [6.45, 7) is 1.16. The molecule has 3 heterocycles. The van der Waals surface area contributed by atoms with Crippen LogP contribution < -0.4 is 0 Å². The number of amides is 1. The van der Waals surface area contributed by atoms with Crippen LogP contribution in [0, 0.1) is 5.82 Å². The summed E-state index contributed by atoms with van der Waals surface area (Å²) in [7, 11) is 0.